The Balaban J connectivity index is 2.42. The molecule has 2 rings (SSSR count). The van der Waals surface area contributed by atoms with Crippen molar-refractivity contribution in [3.63, 3.8) is 0 Å². The number of rotatable bonds is 6. The molecule has 2 aromatic rings. The van der Waals surface area contributed by atoms with E-state index in [9.17, 15) is 0 Å². The largest absolute Gasteiger partial charge is 0.497 e. The van der Waals surface area contributed by atoms with Gasteiger partial charge < -0.3 is 14.8 Å². The molecule has 0 fully saturated rings. The SMILES string of the molecule is CCNC(c1cc(OC)cc(OC)c1)c1ccn(C)n1. The van der Waals surface area contributed by atoms with E-state index in [4.69, 9.17) is 9.47 Å². The highest BCUT2D eigenvalue weighted by molar-refractivity contribution is 5.42. The smallest absolute Gasteiger partial charge is 0.122 e. The van der Waals surface area contributed by atoms with Gasteiger partial charge in [0.25, 0.3) is 0 Å². The van der Waals surface area contributed by atoms with Crippen LogP contribution in [-0.4, -0.2) is 30.5 Å². The number of benzene rings is 1. The summed E-state index contributed by atoms with van der Waals surface area (Å²) in [4.78, 5) is 0. The summed E-state index contributed by atoms with van der Waals surface area (Å²) in [5, 5.41) is 7.93. The second kappa shape index (κ2) is 6.43. The summed E-state index contributed by atoms with van der Waals surface area (Å²) in [6, 6.07) is 7.91. The molecule has 1 heterocycles. The van der Waals surface area contributed by atoms with Gasteiger partial charge in [0.05, 0.1) is 26.0 Å². The Morgan fingerprint density at radius 1 is 1.20 bits per heavy atom. The topological polar surface area (TPSA) is 48.3 Å². The molecule has 0 saturated heterocycles. The summed E-state index contributed by atoms with van der Waals surface area (Å²) in [5.41, 5.74) is 2.05. The number of ether oxygens (including phenoxy) is 2. The van der Waals surface area contributed by atoms with Crippen LogP contribution in [0.1, 0.15) is 24.2 Å². The number of hydrogen-bond acceptors (Lipinski definition) is 4. The van der Waals surface area contributed by atoms with E-state index in [1.165, 1.54) is 0 Å². The molecule has 0 radical (unpaired) electrons. The van der Waals surface area contributed by atoms with Gasteiger partial charge in [0.1, 0.15) is 11.5 Å². The first-order chi connectivity index (χ1) is 9.67. The van der Waals surface area contributed by atoms with Crippen LogP contribution >= 0.6 is 0 Å². The predicted molar refractivity (Wildman–Crippen MR) is 78.3 cm³/mol. The number of nitrogens with one attached hydrogen (secondary N) is 1. The summed E-state index contributed by atoms with van der Waals surface area (Å²) >= 11 is 0. The molecule has 5 nitrogen and oxygen atoms in total. The maximum absolute atomic E-state index is 5.33. The van der Waals surface area contributed by atoms with Crippen LogP contribution in [0.5, 0.6) is 11.5 Å². The van der Waals surface area contributed by atoms with Gasteiger partial charge in [-0.05, 0) is 30.3 Å². The maximum atomic E-state index is 5.33. The minimum Gasteiger partial charge on any atom is -0.497 e. The van der Waals surface area contributed by atoms with Gasteiger partial charge in [0.15, 0.2) is 0 Å². The molecule has 5 heteroatoms. The average molecular weight is 275 g/mol. The molecule has 0 aliphatic heterocycles. The van der Waals surface area contributed by atoms with Crippen molar-refractivity contribution in [2.75, 3.05) is 20.8 Å². The lowest BCUT2D eigenvalue weighted by Crippen LogP contribution is -2.22. The van der Waals surface area contributed by atoms with Crippen molar-refractivity contribution in [3.8, 4) is 11.5 Å². The molecule has 0 bridgehead atoms. The van der Waals surface area contributed by atoms with Crippen molar-refractivity contribution < 1.29 is 9.47 Å². The Kier molecular flexibility index (Phi) is 4.63. The van der Waals surface area contributed by atoms with E-state index in [2.05, 4.69) is 17.3 Å². The van der Waals surface area contributed by atoms with Crippen LogP contribution in [0.2, 0.25) is 0 Å². The van der Waals surface area contributed by atoms with Gasteiger partial charge in [-0.3, -0.25) is 4.68 Å². The van der Waals surface area contributed by atoms with Crippen LogP contribution in [0.4, 0.5) is 0 Å². The van der Waals surface area contributed by atoms with Crippen molar-refractivity contribution in [1.82, 2.24) is 15.1 Å². The highest BCUT2D eigenvalue weighted by Crippen LogP contribution is 2.29. The van der Waals surface area contributed by atoms with E-state index >= 15 is 0 Å². The average Bonchev–Trinajstić information content (AvgIpc) is 2.90. The van der Waals surface area contributed by atoms with Gasteiger partial charge in [-0.25, -0.2) is 0 Å². The molecule has 1 aromatic carbocycles. The third-order valence-electron chi connectivity index (χ3n) is 3.15. The van der Waals surface area contributed by atoms with Crippen LogP contribution in [0, 0.1) is 0 Å². The van der Waals surface area contributed by atoms with Crippen LogP contribution in [0.3, 0.4) is 0 Å². The molecule has 0 saturated carbocycles. The van der Waals surface area contributed by atoms with Crippen LogP contribution < -0.4 is 14.8 Å². The molecular formula is C15H21N3O2. The van der Waals surface area contributed by atoms with Gasteiger partial charge in [0.2, 0.25) is 0 Å². The van der Waals surface area contributed by atoms with E-state index in [0.717, 1.165) is 29.3 Å². The third-order valence-corrected chi connectivity index (χ3v) is 3.15. The minimum absolute atomic E-state index is 0.0187. The molecule has 1 atom stereocenters. The first kappa shape index (κ1) is 14.4. The lowest BCUT2D eigenvalue weighted by molar-refractivity contribution is 0.392. The fourth-order valence-corrected chi connectivity index (χ4v) is 2.18. The van der Waals surface area contributed by atoms with Gasteiger partial charge in [-0.1, -0.05) is 6.92 Å². The molecule has 0 aliphatic carbocycles. The van der Waals surface area contributed by atoms with Crippen LogP contribution in [0.15, 0.2) is 30.5 Å². The fraction of sp³-hybridized carbons (Fsp3) is 0.400. The quantitative estimate of drug-likeness (QED) is 0.877. The molecule has 0 amide bonds. The summed E-state index contributed by atoms with van der Waals surface area (Å²) in [6.07, 6.45) is 1.94. The number of aromatic nitrogens is 2. The van der Waals surface area contributed by atoms with Crippen molar-refractivity contribution in [2.24, 2.45) is 7.05 Å². The Hall–Kier alpha value is -2.01. The molecule has 1 unspecified atom stereocenters. The van der Waals surface area contributed by atoms with Gasteiger partial charge >= 0.3 is 0 Å². The zero-order chi connectivity index (χ0) is 14.5. The van der Waals surface area contributed by atoms with Crippen molar-refractivity contribution in [2.45, 2.75) is 13.0 Å². The molecule has 0 spiro atoms. The second-order valence-electron chi connectivity index (χ2n) is 4.55. The summed E-state index contributed by atoms with van der Waals surface area (Å²) in [5.74, 6) is 1.55. The highest BCUT2D eigenvalue weighted by atomic mass is 16.5. The molecule has 0 aliphatic rings. The van der Waals surface area contributed by atoms with Crippen molar-refractivity contribution >= 4 is 0 Å². The zero-order valence-corrected chi connectivity index (χ0v) is 12.4. The molecule has 108 valence electrons. The van der Waals surface area contributed by atoms with Gasteiger partial charge in [-0.2, -0.15) is 5.10 Å². The van der Waals surface area contributed by atoms with Crippen LogP contribution in [0.25, 0.3) is 0 Å². The van der Waals surface area contributed by atoms with E-state index in [-0.39, 0.29) is 6.04 Å². The summed E-state index contributed by atoms with van der Waals surface area (Å²) in [6.45, 7) is 2.92. The number of methoxy groups -OCH3 is 2. The normalized spacial score (nSPS) is 12.2. The number of nitrogens with zero attached hydrogens (tertiary/aromatic N) is 2. The summed E-state index contributed by atoms with van der Waals surface area (Å²) in [7, 11) is 5.22. The van der Waals surface area contributed by atoms with E-state index < -0.39 is 0 Å². The molecule has 1 aromatic heterocycles. The molecule has 1 N–H and O–H groups in total. The standard InChI is InChI=1S/C15H21N3O2/c1-5-16-15(14-6-7-18(2)17-14)11-8-12(19-3)10-13(9-11)20-4/h6-10,15-16H,5H2,1-4H3. The first-order valence-corrected chi connectivity index (χ1v) is 6.63. The highest BCUT2D eigenvalue weighted by Gasteiger charge is 2.17. The van der Waals surface area contributed by atoms with Crippen LogP contribution in [-0.2, 0) is 7.05 Å². The third kappa shape index (κ3) is 3.11. The lowest BCUT2D eigenvalue weighted by atomic mass is 10.0. The Morgan fingerprint density at radius 3 is 2.30 bits per heavy atom. The predicted octanol–water partition coefficient (Wildman–Crippen LogP) is 2.14. The fourth-order valence-electron chi connectivity index (χ4n) is 2.18. The minimum atomic E-state index is 0.0187. The lowest BCUT2D eigenvalue weighted by Gasteiger charge is -2.18. The molecular weight excluding hydrogens is 254 g/mol. The maximum Gasteiger partial charge on any atom is 0.122 e. The van der Waals surface area contributed by atoms with Crippen molar-refractivity contribution in [1.29, 1.82) is 0 Å². The number of aryl methyl sites for hydroxylation is 1. The van der Waals surface area contributed by atoms with E-state index in [0.29, 0.717) is 0 Å². The van der Waals surface area contributed by atoms with Gasteiger partial charge in [0, 0.05) is 19.3 Å². The number of hydrogen-bond donors (Lipinski definition) is 1. The monoisotopic (exact) mass is 275 g/mol. The van der Waals surface area contributed by atoms with Crippen molar-refractivity contribution in [3.05, 3.63) is 41.7 Å². The Labute approximate surface area is 119 Å². The molecule has 20 heavy (non-hydrogen) atoms. The summed E-state index contributed by atoms with van der Waals surface area (Å²) < 4.78 is 12.5. The zero-order valence-electron chi connectivity index (χ0n) is 12.4. The Morgan fingerprint density at radius 2 is 1.85 bits per heavy atom. The van der Waals surface area contributed by atoms with E-state index in [1.54, 1.807) is 18.9 Å². The van der Waals surface area contributed by atoms with Gasteiger partial charge in [-0.15, -0.1) is 0 Å². The Bertz CT molecular complexity index is 544. The first-order valence-electron chi connectivity index (χ1n) is 6.63. The van der Waals surface area contributed by atoms with E-state index in [1.807, 2.05) is 37.5 Å². The second-order valence-corrected chi connectivity index (χ2v) is 4.55.